The lowest BCUT2D eigenvalue weighted by Crippen LogP contribution is -2.41. The van der Waals surface area contributed by atoms with Gasteiger partial charge in [0, 0.05) is 17.5 Å². The normalized spacial score (nSPS) is 20.4. The number of carbonyl (C=O) groups excluding carboxylic acids is 1. The summed E-state index contributed by atoms with van der Waals surface area (Å²) in [6, 6.07) is 15.8. The lowest BCUT2D eigenvalue weighted by Gasteiger charge is -2.29. The molecule has 2 heterocycles. The van der Waals surface area contributed by atoms with Gasteiger partial charge < -0.3 is 4.90 Å². The van der Waals surface area contributed by atoms with Gasteiger partial charge in [-0.3, -0.25) is 4.79 Å². The van der Waals surface area contributed by atoms with E-state index in [1.165, 1.54) is 24.3 Å². The van der Waals surface area contributed by atoms with E-state index in [1.54, 1.807) is 46.1 Å². The van der Waals surface area contributed by atoms with Crippen molar-refractivity contribution in [2.24, 2.45) is 0 Å². The number of fused-ring (bicyclic) bond motifs is 1. The molecule has 1 saturated carbocycles. The Kier molecular flexibility index (Phi) is 5.38. The summed E-state index contributed by atoms with van der Waals surface area (Å²) in [6.45, 7) is 0. The number of amides is 1. The zero-order chi connectivity index (χ0) is 25.0. The standard InChI is InChI=1S/C26H22F2N4O3S/c27-18-3-1-16(2-4-18)26-23(30-36(34,35)22-10-11-22)14-25(33)31(26)21-9-12-24-17(13-21)15-29-32(24)20-7-5-19(28)6-8-20/h1-9,12-13,15,22-23,26,30H,10-11,14H2. The van der Waals surface area contributed by atoms with Gasteiger partial charge in [0.15, 0.2) is 0 Å². The number of sulfonamides is 1. The molecule has 3 aromatic carbocycles. The Labute approximate surface area is 206 Å². The Morgan fingerprint density at radius 1 is 0.889 bits per heavy atom. The molecular weight excluding hydrogens is 486 g/mol. The minimum absolute atomic E-state index is 0.0130. The number of hydrogen-bond donors (Lipinski definition) is 1. The highest BCUT2D eigenvalue weighted by Gasteiger charge is 2.46. The predicted molar refractivity (Wildman–Crippen MR) is 131 cm³/mol. The van der Waals surface area contributed by atoms with Gasteiger partial charge in [0.25, 0.3) is 0 Å². The molecule has 1 N–H and O–H groups in total. The zero-order valence-electron chi connectivity index (χ0n) is 19.0. The highest BCUT2D eigenvalue weighted by molar-refractivity contribution is 7.90. The van der Waals surface area contributed by atoms with Crippen LogP contribution in [0.2, 0.25) is 0 Å². The van der Waals surface area contributed by atoms with Crippen LogP contribution >= 0.6 is 0 Å². The van der Waals surface area contributed by atoms with Crippen molar-refractivity contribution >= 4 is 32.5 Å². The van der Waals surface area contributed by atoms with E-state index in [4.69, 9.17) is 0 Å². The first kappa shape index (κ1) is 22.8. The SMILES string of the molecule is O=C1CC(NS(=O)(=O)C2CC2)C(c2ccc(F)cc2)N1c1ccc2c(cnn2-c2ccc(F)cc2)c1. The van der Waals surface area contributed by atoms with Crippen LogP contribution < -0.4 is 9.62 Å². The van der Waals surface area contributed by atoms with Crippen LogP contribution in [0.25, 0.3) is 16.6 Å². The van der Waals surface area contributed by atoms with Crippen LogP contribution in [0.5, 0.6) is 0 Å². The summed E-state index contributed by atoms with van der Waals surface area (Å²) in [5.74, 6) is -0.999. The molecule has 2 aliphatic rings. The monoisotopic (exact) mass is 508 g/mol. The number of halogens is 2. The Morgan fingerprint density at radius 2 is 1.53 bits per heavy atom. The van der Waals surface area contributed by atoms with Crippen LogP contribution in [0.15, 0.2) is 72.9 Å². The van der Waals surface area contributed by atoms with Crippen LogP contribution in [0.3, 0.4) is 0 Å². The largest absolute Gasteiger partial charge is 0.303 e. The molecule has 1 aliphatic carbocycles. The van der Waals surface area contributed by atoms with E-state index in [2.05, 4.69) is 9.82 Å². The van der Waals surface area contributed by atoms with Crippen molar-refractivity contribution in [1.82, 2.24) is 14.5 Å². The van der Waals surface area contributed by atoms with Gasteiger partial charge in [0.1, 0.15) is 11.6 Å². The summed E-state index contributed by atoms with van der Waals surface area (Å²) in [6.07, 6.45) is 2.86. The van der Waals surface area contributed by atoms with E-state index in [0.717, 1.165) is 10.9 Å². The van der Waals surface area contributed by atoms with Crippen molar-refractivity contribution in [1.29, 1.82) is 0 Å². The molecule has 1 aromatic heterocycles. The van der Waals surface area contributed by atoms with Crippen molar-refractivity contribution in [2.75, 3.05) is 4.90 Å². The lowest BCUT2D eigenvalue weighted by atomic mass is 10.0. The predicted octanol–water partition coefficient (Wildman–Crippen LogP) is 4.23. The molecule has 4 aromatic rings. The summed E-state index contributed by atoms with van der Waals surface area (Å²) in [5, 5.41) is 4.74. The third-order valence-electron chi connectivity index (χ3n) is 6.71. The molecule has 2 unspecified atom stereocenters. The quantitative estimate of drug-likeness (QED) is 0.423. The number of aromatic nitrogens is 2. The maximum Gasteiger partial charge on any atom is 0.229 e. The number of anilines is 1. The average molecular weight is 509 g/mol. The van der Waals surface area contributed by atoms with Crippen LogP contribution in [-0.4, -0.2) is 35.4 Å². The first-order chi connectivity index (χ1) is 17.3. The molecular formula is C26H22F2N4O3S. The van der Waals surface area contributed by atoms with Crippen LogP contribution in [0.1, 0.15) is 30.9 Å². The van der Waals surface area contributed by atoms with Crippen molar-refractivity contribution < 1.29 is 22.0 Å². The number of rotatable bonds is 6. The highest BCUT2D eigenvalue weighted by Crippen LogP contribution is 2.40. The Bertz CT molecular complexity index is 1570. The summed E-state index contributed by atoms with van der Waals surface area (Å²) in [7, 11) is -3.56. The second-order valence-corrected chi connectivity index (χ2v) is 11.2. The van der Waals surface area contributed by atoms with Gasteiger partial charge in [-0.15, -0.1) is 0 Å². The van der Waals surface area contributed by atoms with E-state index in [0.29, 0.717) is 29.8 Å². The molecule has 0 spiro atoms. The minimum Gasteiger partial charge on any atom is -0.303 e. The topological polar surface area (TPSA) is 84.3 Å². The fourth-order valence-corrected chi connectivity index (χ4v) is 6.41. The summed E-state index contributed by atoms with van der Waals surface area (Å²) < 4.78 is 56.9. The summed E-state index contributed by atoms with van der Waals surface area (Å²) >= 11 is 0. The maximum atomic E-state index is 13.7. The fourth-order valence-electron chi connectivity index (χ4n) is 4.83. The molecule has 0 radical (unpaired) electrons. The number of nitrogens with one attached hydrogen (secondary N) is 1. The van der Waals surface area contributed by atoms with Crippen molar-refractivity contribution in [2.45, 2.75) is 36.6 Å². The molecule has 1 amide bonds. The first-order valence-electron chi connectivity index (χ1n) is 11.6. The number of benzene rings is 3. The van der Waals surface area contributed by atoms with Gasteiger partial charge in [-0.05, 0) is 73.0 Å². The van der Waals surface area contributed by atoms with Crippen molar-refractivity contribution in [3.8, 4) is 5.69 Å². The molecule has 10 heteroatoms. The van der Waals surface area contributed by atoms with Gasteiger partial charge in [-0.25, -0.2) is 26.6 Å². The van der Waals surface area contributed by atoms with Crippen LogP contribution in [0.4, 0.5) is 14.5 Å². The van der Waals surface area contributed by atoms with Crippen molar-refractivity contribution in [3.63, 3.8) is 0 Å². The highest BCUT2D eigenvalue weighted by atomic mass is 32.2. The van der Waals surface area contributed by atoms with E-state index in [9.17, 15) is 22.0 Å². The Balaban J connectivity index is 1.39. The second-order valence-electron chi connectivity index (χ2n) is 9.21. The first-order valence-corrected chi connectivity index (χ1v) is 13.2. The molecule has 6 rings (SSSR count). The van der Waals surface area contributed by atoms with E-state index in [1.807, 2.05) is 12.1 Å². The molecule has 2 atom stereocenters. The molecule has 7 nitrogen and oxygen atoms in total. The number of nitrogens with zero attached hydrogens (tertiary/aromatic N) is 3. The van der Waals surface area contributed by atoms with Gasteiger partial charge in [0.2, 0.25) is 15.9 Å². The van der Waals surface area contributed by atoms with Gasteiger partial charge in [-0.2, -0.15) is 5.10 Å². The van der Waals surface area contributed by atoms with E-state index >= 15 is 0 Å². The maximum absolute atomic E-state index is 13.7. The van der Waals surface area contributed by atoms with E-state index in [-0.39, 0.29) is 18.1 Å². The third kappa shape index (κ3) is 4.06. The summed E-state index contributed by atoms with van der Waals surface area (Å²) in [5.41, 5.74) is 2.66. The number of carbonyl (C=O) groups is 1. The molecule has 1 aliphatic heterocycles. The number of hydrogen-bond acceptors (Lipinski definition) is 4. The van der Waals surface area contributed by atoms with Gasteiger partial charge in [-0.1, -0.05) is 12.1 Å². The van der Waals surface area contributed by atoms with Gasteiger partial charge in [0.05, 0.1) is 34.7 Å². The smallest absolute Gasteiger partial charge is 0.229 e. The molecule has 36 heavy (non-hydrogen) atoms. The van der Waals surface area contributed by atoms with Crippen LogP contribution in [0, 0.1) is 11.6 Å². The Morgan fingerprint density at radius 3 is 2.19 bits per heavy atom. The fraction of sp³-hybridized carbons (Fsp3) is 0.231. The van der Waals surface area contributed by atoms with Crippen molar-refractivity contribution in [3.05, 3.63) is 90.1 Å². The third-order valence-corrected chi connectivity index (χ3v) is 8.69. The summed E-state index contributed by atoms with van der Waals surface area (Å²) in [4.78, 5) is 14.8. The molecule has 2 fully saturated rings. The molecule has 1 saturated heterocycles. The van der Waals surface area contributed by atoms with Crippen LogP contribution in [-0.2, 0) is 14.8 Å². The second kappa shape index (κ2) is 8.49. The molecule has 184 valence electrons. The zero-order valence-corrected chi connectivity index (χ0v) is 19.8. The Hall–Kier alpha value is -3.63. The minimum atomic E-state index is -3.56. The average Bonchev–Trinajstić information content (AvgIpc) is 3.57. The van der Waals surface area contributed by atoms with Gasteiger partial charge >= 0.3 is 0 Å². The van der Waals surface area contributed by atoms with E-state index < -0.39 is 33.2 Å². The lowest BCUT2D eigenvalue weighted by molar-refractivity contribution is -0.117. The molecule has 0 bridgehead atoms.